The van der Waals surface area contributed by atoms with E-state index in [1.807, 2.05) is 6.92 Å². The Balaban J connectivity index is 1.67. The standard InChI is InChI=1S/C30H48O3/c1-19(18-31)9-8-10-20(2)21-11-16-30(7)26-22(12-15-29(21,30)6)28(5)14-13-25(33)27(3,4)24(28)17-23(26)32/h9,20-21,24-25,31,33H,8,10-18H2,1-7H3/b19-9+/t20-,21-,24?,25?,28-,29-,30+/m0/s1. The maximum absolute atomic E-state index is 13.9. The number of carbonyl (C=O) groups is 1. The molecule has 0 spiro atoms. The summed E-state index contributed by atoms with van der Waals surface area (Å²) in [5.41, 5.74) is 3.73. The number of carbonyl (C=O) groups excluding carboxylic acids is 1. The zero-order valence-electron chi connectivity index (χ0n) is 22.3. The van der Waals surface area contributed by atoms with Gasteiger partial charge in [-0.05, 0) is 92.3 Å². The molecule has 2 fully saturated rings. The van der Waals surface area contributed by atoms with Crippen LogP contribution in [0.1, 0.15) is 106 Å². The SMILES string of the molecule is C/C(=C\CC[C@H](C)[C@@H]1CC[C@]2(C)C3=C(CC[C@@]12C)[C@]1(C)CCC(O)C(C)(C)C1CC3=O)CO. The van der Waals surface area contributed by atoms with Crippen LogP contribution in [0.3, 0.4) is 0 Å². The van der Waals surface area contributed by atoms with Crippen LogP contribution < -0.4 is 0 Å². The van der Waals surface area contributed by atoms with Crippen LogP contribution in [-0.4, -0.2) is 28.7 Å². The van der Waals surface area contributed by atoms with E-state index < -0.39 is 0 Å². The van der Waals surface area contributed by atoms with Crippen molar-refractivity contribution in [2.45, 2.75) is 112 Å². The van der Waals surface area contributed by atoms with Crippen LogP contribution in [0.4, 0.5) is 0 Å². The Morgan fingerprint density at radius 3 is 2.48 bits per heavy atom. The lowest BCUT2D eigenvalue weighted by molar-refractivity contribution is -0.134. The Morgan fingerprint density at radius 2 is 1.82 bits per heavy atom. The predicted molar refractivity (Wildman–Crippen MR) is 135 cm³/mol. The van der Waals surface area contributed by atoms with Gasteiger partial charge in [-0.15, -0.1) is 0 Å². The molecule has 0 amide bonds. The fourth-order valence-electron chi connectivity index (χ4n) is 9.16. The van der Waals surface area contributed by atoms with E-state index in [9.17, 15) is 15.0 Å². The van der Waals surface area contributed by atoms with Gasteiger partial charge in [-0.2, -0.15) is 0 Å². The second-order valence-electron chi connectivity index (χ2n) is 13.5. The molecule has 186 valence electrons. The van der Waals surface area contributed by atoms with E-state index >= 15 is 0 Å². The molecule has 2 saturated carbocycles. The number of ketones is 1. The average Bonchev–Trinajstić information content (AvgIpc) is 3.04. The molecule has 0 heterocycles. The van der Waals surface area contributed by atoms with Gasteiger partial charge in [0.25, 0.3) is 0 Å². The molecule has 4 aliphatic carbocycles. The Kier molecular flexibility index (Phi) is 6.35. The number of hydrogen-bond acceptors (Lipinski definition) is 3. The molecule has 3 heteroatoms. The summed E-state index contributed by atoms with van der Waals surface area (Å²) in [6, 6.07) is 0. The molecule has 33 heavy (non-hydrogen) atoms. The predicted octanol–water partition coefficient (Wildman–Crippen LogP) is 6.63. The summed E-state index contributed by atoms with van der Waals surface area (Å²) in [5.74, 6) is 1.89. The van der Waals surface area contributed by atoms with Crippen LogP contribution >= 0.6 is 0 Å². The molecule has 7 atom stereocenters. The van der Waals surface area contributed by atoms with E-state index in [0.29, 0.717) is 24.0 Å². The van der Waals surface area contributed by atoms with Gasteiger partial charge >= 0.3 is 0 Å². The van der Waals surface area contributed by atoms with Crippen molar-refractivity contribution in [3.8, 4) is 0 Å². The molecule has 2 N–H and O–H groups in total. The summed E-state index contributed by atoms with van der Waals surface area (Å²) in [4.78, 5) is 13.9. The van der Waals surface area contributed by atoms with E-state index in [1.165, 1.54) is 24.0 Å². The first-order valence-corrected chi connectivity index (χ1v) is 13.5. The third kappa shape index (κ3) is 3.54. The fraction of sp³-hybridized carbons (Fsp3) is 0.833. The van der Waals surface area contributed by atoms with Crippen molar-refractivity contribution in [1.82, 2.24) is 0 Å². The summed E-state index contributed by atoms with van der Waals surface area (Å²) in [6.07, 6.45) is 11.1. The molecule has 4 rings (SSSR count). The van der Waals surface area contributed by atoms with Crippen molar-refractivity contribution in [3.63, 3.8) is 0 Å². The van der Waals surface area contributed by atoms with E-state index in [1.54, 1.807) is 0 Å². The number of hydrogen-bond donors (Lipinski definition) is 2. The zero-order valence-corrected chi connectivity index (χ0v) is 22.3. The highest BCUT2D eigenvalue weighted by Gasteiger charge is 2.65. The van der Waals surface area contributed by atoms with Gasteiger partial charge in [0, 0.05) is 17.4 Å². The minimum absolute atomic E-state index is 0.0262. The van der Waals surface area contributed by atoms with Gasteiger partial charge in [0.05, 0.1) is 12.7 Å². The molecule has 0 saturated heterocycles. The summed E-state index contributed by atoms with van der Waals surface area (Å²) < 4.78 is 0. The molecule has 0 aromatic heterocycles. The fourth-order valence-corrected chi connectivity index (χ4v) is 9.16. The normalized spacial score (nSPS) is 43.7. The number of allylic oxidation sites excluding steroid dienone is 3. The van der Waals surface area contributed by atoms with E-state index in [2.05, 4.69) is 47.6 Å². The molecular formula is C30H48O3. The van der Waals surface area contributed by atoms with Crippen LogP contribution in [0, 0.1) is 39.4 Å². The van der Waals surface area contributed by atoms with Crippen LogP contribution in [0.25, 0.3) is 0 Å². The van der Waals surface area contributed by atoms with Gasteiger partial charge in [-0.25, -0.2) is 0 Å². The Bertz CT molecular complexity index is 866. The maximum Gasteiger partial charge on any atom is 0.159 e. The Labute approximate surface area is 202 Å². The lowest BCUT2D eigenvalue weighted by Crippen LogP contribution is -2.57. The first kappa shape index (κ1) is 25.2. The zero-order chi connectivity index (χ0) is 24.4. The van der Waals surface area contributed by atoms with Crippen molar-refractivity contribution in [2.24, 2.45) is 39.4 Å². The number of aliphatic hydroxyl groups excluding tert-OH is 2. The molecule has 2 unspecified atom stereocenters. The van der Waals surface area contributed by atoms with Crippen LogP contribution in [0.15, 0.2) is 22.8 Å². The monoisotopic (exact) mass is 456 g/mol. The smallest absolute Gasteiger partial charge is 0.159 e. The van der Waals surface area contributed by atoms with Gasteiger partial charge in [0.15, 0.2) is 5.78 Å². The first-order chi connectivity index (χ1) is 15.3. The highest BCUT2D eigenvalue weighted by atomic mass is 16.3. The summed E-state index contributed by atoms with van der Waals surface area (Å²) in [7, 11) is 0. The molecule has 0 bridgehead atoms. The lowest BCUT2D eigenvalue weighted by Gasteiger charge is -2.61. The van der Waals surface area contributed by atoms with Crippen LogP contribution in [0.5, 0.6) is 0 Å². The quantitative estimate of drug-likeness (QED) is 0.456. The van der Waals surface area contributed by atoms with Crippen molar-refractivity contribution < 1.29 is 15.0 Å². The van der Waals surface area contributed by atoms with Crippen LogP contribution in [-0.2, 0) is 4.79 Å². The van der Waals surface area contributed by atoms with Gasteiger partial charge in [0.2, 0.25) is 0 Å². The van der Waals surface area contributed by atoms with Crippen molar-refractivity contribution >= 4 is 5.78 Å². The minimum Gasteiger partial charge on any atom is -0.393 e. The molecule has 4 aliphatic rings. The van der Waals surface area contributed by atoms with E-state index in [4.69, 9.17) is 0 Å². The van der Waals surface area contributed by atoms with Gasteiger partial charge in [0.1, 0.15) is 0 Å². The third-order valence-corrected chi connectivity index (χ3v) is 11.7. The maximum atomic E-state index is 13.9. The molecule has 0 radical (unpaired) electrons. The molecule has 3 nitrogen and oxygen atoms in total. The van der Waals surface area contributed by atoms with E-state index in [0.717, 1.165) is 44.1 Å². The van der Waals surface area contributed by atoms with Gasteiger partial charge in [-0.1, -0.05) is 58.8 Å². The summed E-state index contributed by atoms with van der Waals surface area (Å²) in [5, 5.41) is 20.1. The van der Waals surface area contributed by atoms with Gasteiger partial charge in [-0.3, -0.25) is 4.79 Å². The molecular weight excluding hydrogens is 408 g/mol. The second-order valence-corrected chi connectivity index (χ2v) is 13.5. The average molecular weight is 457 g/mol. The molecule has 0 aliphatic heterocycles. The number of aliphatic hydroxyl groups is 2. The largest absolute Gasteiger partial charge is 0.393 e. The number of rotatable bonds is 5. The third-order valence-electron chi connectivity index (χ3n) is 11.7. The van der Waals surface area contributed by atoms with Crippen molar-refractivity contribution in [1.29, 1.82) is 0 Å². The Morgan fingerprint density at radius 1 is 1.12 bits per heavy atom. The Hall–Kier alpha value is -0.930. The van der Waals surface area contributed by atoms with Crippen molar-refractivity contribution in [3.05, 3.63) is 22.8 Å². The molecule has 0 aromatic carbocycles. The van der Waals surface area contributed by atoms with E-state index in [-0.39, 0.29) is 40.3 Å². The van der Waals surface area contributed by atoms with Crippen molar-refractivity contribution in [2.75, 3.05) is 6.61 Å². The second kappa shape index (κ2) is 8.33. The topological polar surface area (TPSA) is 57.5 Å². The highest BCUT2D eigenvalue weighted by molar-refractivity contribution is 5.99. The summed E-state index contributed by atoms with van der Waals surface area (Å²) >= 11 is 0. The highest BCUT2D eigenvalue weighted by Crippen LogP contribution is 2.71. The first-order valence-electron chi connectivity index (χ1n) is 13.5. The number of Topliss-reactive ketones (excluding diaryl/α,β-unsaturated/α-hetero) is 1. The number of fused-ring (bicyclic) bond motifs is 4. The summed E-state index contributed by atoms with van der Waals surface area (Å²) in [6.45, 7) is 16.3. The van der Waals surface area contributed by atoms with Gasteiger partial charge < -0.3 is 10.2 Å². The minimum atomic E-state index is -0.310. The van der Waals surface area contributed by atoms with Crippen LogP contribution in [0.2, 0.25) is 0 Å². The lowest BCUT2D eigenvalue weighted by atomic mass is 9.43. The molecule has 0 aromatic rings.